The minimum Gasteiger partial charge on any atom is -0.508 e. The van der Waals surface area contributed by atoms with E-state index in [1.807, 2.05) is 103 Å². The first-order valence-electron chi connectivity index (χ1n) is 18.1. The Labute approximate surface area is 302 Å². The standard InChI is InChI=1S/C44H38N2O6/c47-37-14-8-7-13-32(37)40-31-19-20-33-39(43(51)46(42(33)50)30-17-15-29(16-18-30)45-21-23-52-24-22-45)35(31)25-36-41(49)34(27-9-3-1-4-10-27)26-38(48)44(36,40)28-11-5-2-6-12-28/h1-19,26,33,35-36,39-40,47H,20-25H2/t33-,35+,36-,39-,40+,44-/m0/s1. The Bertz CT molecular complexity index is 2150. The molecule has 6 atom stereocenters. The van der Waals surface area contributed by atoms with Gasteiger partial charge in [0.05, 0.1) is 36.2 Å². The second-order valence-corrected chi connectivity index (χ2v) is 14.5. The molecule has 3 aliphatic carbocycles. The number of ketones is 2. The van der Waals surface area contributed by atoms with Crippen LogP contribution in [0.3, 0.4) is 0 Å². The van der Waals surface area contributed by atoms with E-state index in [1.165, 1.54) is 11.0 Å². The monoisotopic (exact) mass is 690 g/mol. The SMILES string of the molecule is O=C1C(c2ccccc2)=CC(=O)[C@@]2(c3ccccc3)[C@@H](c3ccccc3O)C3=CC[C@@H]4C(=O)N(c5ccc(N6CCOCC6)cc5)C(=O)[C@@H]4[C@@H]3C[C@@H]12. The molecule has 0 unspecified atom stereocenters. The predicted molar refractivity (Wildman–Crippen MR) is 197 cm³/mol. The lowest BCUT2D eigenvalue weighted by Crippen LogP contribution is -2.58. The van der Waals surface area contributed by atoms with Gasteiger partial charge in [0.25, 0.3) is 0 Å². The average molecular weight is 691 g/mol. The summed E-state index contributed by atoms with van der Waals surface area (Å²) in [6.07, 6.45) is 4.04. The van der Waals surface area contributed by atoms with E-state index in [1.54, 1.807) is 12.1 Å². The highest BCUT2D eigenvalue weighted by atomic mass is 16.5. The summed E-state index contributed by atoms with van der Waals surface area (Å²) in [5.41, 5.74) is 3.18. The number of benzene rings is 4. The molecule has 2 aliphatic heterocycles. The van der Waals surface area contributed by atoms with Crippen molar-refractivity contribution in [1.29, 1.82) is 0 Å². The number of anilines is 2. The highest BCUT2D eigenvalue weighted by Crippen LogP contribution is 2.64. The van der Waals surface area contributed by atoms with Crippen LogP contribution in [0.1, 0.15) is 35.4 Å². The van der Waals surface area contributed by atoms with Gasteiger partial charge in [-0.1, -0.05) is 90.5 Å². The highest BCUT2D eigenvalue weighted by molar-refractivity contribution is 6.32. The molecule has 4 aromatic carbocycles. The van der Waals surface area contributed by atoms with Crippen molar-refractivity contribution in [2.45, 2.75) is 24.2 Å². The van der Waals surface area contributed by atoms with Crippen LogP contribution < -0.4 is 9.80 Å². The number of morpholine rings is 1. The number of hydrogen-bond donors (Lipinski definition) is 1. The highest BCUT2D eigenvalue weighted by Gasteiger charge is 2.66. The molecule has 4 aromatic rings. The van der Waals surface area contributed by atoms with Crippen LogP contribution in [0.2, 0.25) is 0 Å². The van der Waals surface area contributed by atoms with E-state index in [2.05, 4.69) is 4.90 Å². The third-order valence-corrected chi connectivity index (χ3v) is 12.1. The molecule has 1 saturated carbocycles. The summed E-state index contributed by atoms with van der Waals surface area (Å²) in [7, 11) is 0. The van der Waals surface area contributed by atoms with Crippen molar-refractivity contribution in [3.8, 4) is 5.75 Å². The Kier molecular flexibility index (Phi) is 7.81. The van der Waals surface area contributed by atoms with Crippen LogP contribution in [0, 0.1) is 23.7 Å². The number of phenols is 1. The van der Waals surface area contributed by atoms with Gasteiger partial charge in [-0.25, -0.2) is 0 Å². The number of carbonyl (C=O) groups excluding carboxylic acids is 4. The summed E-state index contributed by atoms with van der Waals surface area (Å²) in [6.45, 7) is 2.84. The van der Waals surface area contributed by atoms with Gasteiger partial charge in [0.1, 0.15) is 5.75 Å². The molecular weight excluding hydrogens is 652 g/mol. The summed E-state index contributed by atoms with van der Waals surface area (Å²) in [6, 6.07) is 33.2. The third-order valence-electron chi connectivity index (χ3n) is 12.1. The lowest BCUT2D eigenvalue weighted by Gasteiger charge is -2.55. The van der Waals surface area contributed by atoms with Gasteiger partial charge in [-0.2, -0.15) is 0 Å². The lowest BCUT2D eigenvalue weighted by atomic mass is 9.44. The van der Waals surface area contributed by atoms with Gasteiger partial charge in [0.15, 0.2) is 11.6 Å². The van der Waals surface area contributed by atoms with Crippen LogP contribution >= 0.6 is 0 Å². The number of imide groups is 1. The number of phenolic OH excluding ortho intramolecular Hbond substituents is 1. The van der Waals surface area contributed by atoms with Crippen molar-refractivity contribution >= 4 is 40.3 Å². The maximum absolute atomic E-state index is 15.1. The second kappa shape index (κ2) is 12.6. The molecule has 0 radical (unpaired) electrons. The van der Waals surface area contributed by atoms with Gasteiger partial charge in [-0.3, -0.25) is 24.1 Å². The fraction of sp³-hybridized carbons (Fsp3) is 0.273. The van der Waals surface area contributed by atoms with E-state index >= 15 is 9.59 Å². The first-order valence-corrected chi connectivity index (χ1v) is 18.1. The van der Waals surface area contributed by atoms with Crippen LogP contribution in [0.5, 0.6) is 5.75 Å². The molecule has 2 heterocycles. The first kappa shape index (κ1) is 32.3. The number of allylic oxidation sites excluding steroid dienone is 4. The van der Waals surface area contributed by atoms with E-state index in [0.29, 0.717) is 47.6 Å². The van der Waals surface area contributed by atoms with Gasteiger partial charge < -0.3 is 14.7 Å². The maximum Gasteiger partial charge on any atom is 0.238 e. The van der Waals surface area contributed by atoms with E-state index in [9.17, 15) is 14.7 Å². The summed E-state index contributed by atoms with van der Waals surface area (Å²) in [5.74, 6) is -4.37. The number of rotatable bonds is 5. The van der Waals surface area contributed by atoms with Gasteiger partial charge in [0.2, 0.25) is 11.8 Å². The molecule has 260 valence electrons. The number of Topliss-reactive ketones (excluding diaryl/α,β-unsaturated/α-hetero) is 1. The van der Waals surface area contributed by atoms with Gasteiger partial charge >= 0.3 is 0 Å². The summed E-state index contributed by atoms with van der Waals surface area (Å²) in [4.78, 5) is 62.6. The molecule has 8 heteroatoms. The van der Waals surface area contributed by atoms with E-state index in [0.717, 1.165) is 24.4 Å². The lowest BCUT2D eigenvalue weighted by molar-refractivity contribution is -0.135. The molecule has 0 aromatic heterocycles. The number of aromatic hydroxyl groups is 1. The van der Waals surface area contributed by atoms with Crippen molar-refractivity contribution in [2.24, 2.45) is 23.7 Å². The molecule has 3 fully saturated rings. The molecule has 52 heavy (non-hydrogen) atoms. The normalized spacial score (nSPS) is 28.5. The predicted octanol–water partition coefficient (Wildman–Crippen LogP) is 6.26. The van der Waals surface area contributed by atoms with Gasteiger partial charge in [0, 0.05) is 41.7 Å². The fourth-order valence-corrected chi connectivity index (χ4v) is 9.84. The van der Waals surface area contributed by atoms with Crippen molar-refractivity contribution < 1.29 is 29.0 Å². The van der Waals surface area contributed by atoms with Crippen LogP contribution in [-0.4, -0.2) is 54.8 Å². The fourth-order valence-electron chi connectivity index (χ4n) is 9.84. The Balaban J connectivity index is 1.18. The number of ether oxygens (including phenoxy) is 1. The van der Waals surface area contributed by atoms with Crippen LogP contribution in [0.15, 0.2) is 127 Å². The Morgan fingerprint density at radius 2 is 1.37 bits per heavy atom. The zero-order chi connectivity index (χ0) is 35.6. The number of hydrogen-bond acceptors (Lipinski definition) is 7. The molecule has 5 aliphatic rings. The molecule has 0 spiro atoms. The molecule has 0 bridgehead atoms. The van der Waals surface area contributed by atoms with E-state index < -0.39 is 35.0 Å². The van der Waals surface area contributed by atoms with Crippen LogP contribution in [-0.2, 0) is 29.3 Å². The average Bonchev–Trinajstić information content (AvgIpc) is 3.45. The smallest absolute Gasteiger partial charge is 0.238 e. The molecular formula is C44H38N2O6. The third kappa shape index (κ3) is 4.77. The van der Waals surface area contributed by atoms with Gasteiger partial charge in [-0.05, 0) is 66.3 Å². The maximum atomic E-state index is 15.1. The molecule has 9 rings (SSSR count). The van der Waals surface area contributed by atoms with Crippen molar-refractivity contribution in [3.63, 3.8) is 0 Å². The number of fused-ring (bicyclic) bond motifs is 4. The van der Waals surface area contributed by atoms with Crippen molar-refractivity contribution in [3.05, 3.63) is 144 Å². The van der Waals surface area contributed by atoms with Crippen LogP contribution in [0.25, 0.3) is 5.57 Å². The number of para-hydroxylation sites is 1. The first-order chi connectivity index (χ1) is 25.4. The summed E-state index contributed by atoms with van der Waals surface area (Å²) in [5, 5.41) is 11.5. The molecule has 1 N–H and O–H groups in total. The molecule has 2 saturated heterocycles. The largest absolute Gasteiger partial charge is 0.508 e. The van der Waals surface area contributed by atoms with Crippen molar-refractivity contribution in [1.82, 2.24) is 0 Å². The topological polar surface area (TPSA) is 104 Å². The zero-order valence-electron chi connectivity index (χ0n) is 28.6. The number of amides is 2. The quantitative estimate of drug-likeness (QED) is 0.195. The number of nitrogens with zero attached hydrogens (tertiary/aromatic N) is 2. The summed E-state index contributed by atoms with van der Waals surface area (Å²) >= 11 is 0. The van der Waals surface area contributed by atoms with E-state index in [-0.39, 0.29) is 35.6 Å². The Morgan fingerprint density at radius 3 is 2.08 bits per heavy atom. The second-order valence-electron chi connectivity index (χ2n) is 14.5. The Hall–Kier alpha value is -5.60. The molecule has 8 nitrogen and oxygen atoms in total. The summed E-state index contributed by atoms with van der Waals surface area (Å²) < 4.78 is 5.50. The zero-order valence-corrected chi connectivity index (χ0v) is 28.6. The van der Waals surface area contributed by atoms with Gasteiger partial charge in [-0.15, -0.1) is 0 Å². The number of carbonyl (C=O) groups is 4. The molecule has 2 amide bonds. The Morgan fingerprint density at radius 1 is 0.712 bits per heavy atom. The minimum absolute atomic E-state index is 0.0131. The van der Waals surface area contributed by atoms with Crippen LogP contribution in [0.4, 0.5) is 11.4 Å². The van der Waals surface area contributed by atoms with E-state index in [4.69, 9.17) is 4.74 Å². The van der Waals surface area contributed by atoms with Crippen molar-refractivity contribution in [2.75, 3.05) is 36.1 Å². The minimum atomic E-state index is -1.38.